The van der Waals surface area contributed by atoms with E-state index in [4.69, 9.17) is 40.6 Å². The van der Waals surface area contributed by atoms with Gasteiger partial charge in [-0.2, -0.15) is 5.09 Å². The second kappa shape index (κ2) is 13.6. The zero-order chi connectivity index (χ0) is 30.5. The number of carbonyl (C=O) groups excluding carboxylic acids is 2. The molecule has 1 aromatic heterocycles. The van der Waals surface area contributed by atoms with E-state index in [0.717, 1.165) is 16.8 Å². The summed E-state index contributed by atoms with van der Waals surface area (Å²) < 4.78 is 41.0. The number of nitrogens with one attached hydrogen (secondary N) is 2. The molecule has 4 N–H and O–H groups in total. The number of nitrogens with zero attached hydrogens (tertiary/aromatic N) is 1. The summed E-state index contributed by atoms with van der Waals surface area (Å²) in [6.45, 7) is 5.54. The van der Waals surface area contributed by atoms with E-state index in [1.54, 1.807) is 32.0 Å². The zero-order valence-corrected chi connectivity index (χ0v) is 25.8. The molecule has 1 aromatic carbocycles. The van der Waals surface area contributed by atoms with E-state index >= 15 is 0 Å². The first kappa shape index (κ1) is 33.0. The number of esters is 2. The van der Waals surface area contributed by atoms with Crippen LogP contribution in [0.4, 0.5) is 0 Å². The van der Waals surface area contributed by atoms with Gasteiger partial charge in [0.15, 0.2) is 16.1 Å². The molecule has 1 fully saturated rings. The number of benzene rings is 1. The van der Waals surface area contributed by atoms with Crippen LogP contribution in [0.1, 0.15) is 33.9 Å². The SMILES string of the molecule is CC(C)OC(=O)C(C)NP(=O)(OCC1OC(n2ccc(=O)[nH]c2=O)[C@](Cl)(Br)[C@@H]1OC(=O)C(C)N)Oc1ccccc1. The molecule has 2 aromatic rings. The van der Waals surface area contributed by atoms with Crippen LogP contribution >= 0.6 is 35.3 Å². The number of ether oxygens (including phenoxy) is 3. The molecule has 14 nitrogen and oxygen atoms in total. The Kier molecular flexibility index (Phi) is 11.0. The van der Waals surface area contributed by atoms with E-state index < -0.39 is 77.9 Å². The van der Waals surface area contributed by atoms with Gasteiger partial charge in [0.2, 0.25) is 0 Å². The summed E-state index contributed by atoms with van der Waals surface area (Å²) in [5, 5.41) is 2.54. The first-order chi connectivity index (χ1) is 19.1. The molecule has 7 atom stereocenters. The van der Waals surface area contributed by atoms with E-state index in [2.05, 4.69) is 26.0 Å². The molecule has 3 rings (SSSR count). The number of aromatic nitrogens is 2. The minimum absolute atomic E-state index is 0.157. The third-order valence-corrected chi connectivity index (χ3v) is 8.39. The van der Waals surface area contributed by atoms with Crippen molar-refractivity contribution in [3.8, 4) is 5.75 Å². The molecule has 5 unspecified atom stereocenters. The minimum atomic E-state index is -4.35. The van der Waals surface area contributed by atoms with Crippen molar-refractivity contribution < 1.29 is 37.4 Å². The second-order valence-corrected chi connectivity index (χ2v) is 13.5. The highest BCUT2D eigenvalue weighted by atomic mass is 79.9. The van der Waals surface area contributed by atoms with E-state index in [0.29, 0.717) is 0 Å². The van der Waals surface area contributed by atoms with E-state index in [1.807, 2.05) is 0 Å². The Morgan fingerprint density at radius 2 is 1.85 bits per heavy atom. The Morgan fingerprint density at radius 3 is 2.44 bits per heavy atom. The number of H-pyrrole nitrogens is 1. The van der Waals surface area contributed by atoms with Crippen molar-refractivity contribution in [2.75, 3.05) is 6.61 Å². The molecule has 0 amide bonds. The van der Waals surface area contributed by atoms with Gasteiger partial charge in [0.25, 0.3) is 5.56 Å². The summed E-state index contributed by atoms with van der Waals surface area (Å²) in [5.41, 5.74) is 4.15. The van der Waals surface area contributed by atoms with Crippen LogP contribution in [0, 0.1) is 0 Å². The fourth-order valence-corrected chi connectivity index (χ4v) is 6.16. The predicted octanol–water partition coefficient (Wildman–Crippen LogP) is 2.16. The van der Waals surface area contributed by atoms with Gasteiger partial charge < -0.3 is 24.5 Å². The van der Waals surface area contributed by atoms with Crippen molar-refractivity contribution in [1.82, 2.24) is 14.6 Å². The molecule has 0 aliphatic carbocycles. The number of aromatic amines is 1. The first-order valence-corrected chi connectivity index (χ1v) is 15.1. The van der Waals surface area contributed by atoms with Crippen LogP contribution in [0.25, 0.3) is 0 Å². The maximum atomic E-state index is 13.9. The van der Waals surface area contributed by atoms with Crippen LogP contribution in [0.3, 0.4) is 0 Å². The summed E-state index contributed by atoms with van der Waals surface area (Å²) in [6, 6.07) is 6.93. The van der Waals surface area contributed by atoms with Gasteiger partial charge in [-0.25, -0.2) is 9.36 Å². The lowest BCUT2D eigenvalue weighted by Gasteiger charge is -2.28. The Morgan fingerprint density at radius 1 is 1.20 bits per heavy atom. The van der Waals surface area contributed by atoms with Crippen molar-refractivity contribution >= 4 is 47.2 Å². The van der Waals surface area contributed by atoms with Crippen LogP contribution in [0.15, 0.2) is 52.2 Å². The van der Waals surface area contributed by atoms with Crippen LogP contribution < -0.4 is 26.6 Å². The van der Waals surface area contributed by atoms with E-state index in [-0.39, 0.29) is 5.75 Å². The topological polar surface area (TPSA) is 190 Å². The van der Waals surface area contributed by atoms with Crippen molar-refractivity contribution in [3.05, 3.63) is 63.4 Å². The highest BCUT2D eigenvalue weighted by Gasteiger charge is 2.58. The molecule has 1 aliphatic rings. The average molecular weight is 682 g/mol. The summed E-state index contributed by atoms with van der Waals surface area (Å²) >= 11 is 10.0. The molecular formula is C24H31BrClN4O10P. The molecule has 2 heterocycles. The normalized spacial score (nSPS) is 25.2. The van der Waals surface area contributed by atoms with Crippen LogP contribution in [0.2, 0.25) is 0 Å². The van der Waals surface area contributed by atoms with Crippen molar-refractivity contribution in [3.63, 3.8) is 0 Å². The van der Waals surface area contributed by atoms with Gasteiger partial charge in [0.1, 0.15) is 23.9 Å². The minimum Gasteiger partial charge on any atom is -0.462 e. The van der Waals surface area contributed by atoms with Gasteiger partial charge in [-0.05, 0) is 39.8 Å². The maximum absolute atomic E-state index is 13.9. The van der Waals surface area contributed by atoms with Crippen molar-refractivity contribution in [1.29, 1.82) is 0 Å². The monoisotopic (exact) mass is 680 g/mol. The number of hydrogen-bond donors (Lipinski definition) is 3. The Hall–Kier alpha value is -2.52. The van der Waals surface area contributed by atoms with Gasteiger partial charge in [-0.1, -0.05) is 45.7 Å². The van der Waals surface area contributed by atoms with Gasteiger partial charge in [-0.3, -0.25) is 28.5 Å². The fourth-order valence-electron chi connectivity index (χ4n) is 3.60. The number of carbonyl (C=O) groups is 2. The van der Waals surface area contributed by atoms with Crippen LogP contribution in [-0.4, -0.2) is 62.3 Å². The molecule has 0 spiro atoms. The number of alkyl halides is 2. The number of rotatable bonds is 12. The molecule has 1 saturated heterocycles. The average Bonchev–Trinajstić information content (AvgIpc) is 3.12. The third-order valence-electron chi connectivity index (χ3n) is 5.50. The molecule has 41 heavy (non-hydrogen) atoms. The highest BCUT2D eigenvalue weighted by Crippen LogP contribution is 2.51. The Bertz CT molecular complexity index is 1390. The summed E-state index contributed by atoms with van der Waals surface area (Å²) in [6.07, 6.45) is -3.26. The molecule has 0 bridgehead atoms. The molecule has 226 valence electrons. The van der Waals surface area contributed by atoms with Crippen molar-refractivity contribution in [2.45, 2.75) is 68.1 Å². The van der Waals surface area contributed by atoms with Gasteiger partial charge >= 0.3 is 25.4 Å². The van der Waals surface area contributed by atoms with Crippen molar-refractivity contribution in [2.24, 2.45) is 5.73 Å². The molecule has 0 radical (unpaired) electrons. The smallest absolute Gasteiger partial charge is 0.459 e. The number of halogens is 2. The quantitative estimate of drug-likeness (QED) is 0.168. The van der Waals surface area contributed by atoms with Gasteiger partial charge in [-0.15, -0.1) is 0 Å². The van der Waals surface area contributed by atoms with Gasteiger partial charge in [0, 0.05) is 12.3 Å². The fraction of sp³-hybridized carbons (Fsp3) is 0.500. The van der Waals surface area contributed by atoms with Gasteiger partial charge in [0.05, 0.1) is 12.7 Å². The van der Waals surface area contributed by atoms with E-state index in [1.165, 1.54) is 26.0 Å². The first-order valence-electron chi connectivity index (χ1n) is 12.4. The number of nitrogens with two attached hydrogens (primary N) is 1. The zero-order valence-electron chi connectivity index (χ0n) is 22.5. The Labute approximate surface area is 248 Å². The molecule has 0 saturated carbocycles. The summed E-state index contributed by atoms with van der Waals surface area (Å²) in [4.78, 5) is 51.1. The predicted molar refractivity (Wildman–Crippen MR) is 151 cm³/mol. The molecule has 17 heteroatoms. The van der Waals surface area contributed by atoms with Crippen LogP contribution in [-0.2, 0) is 32.9 Å². The standard InChI is InChI=1S/C24H31BrClN4O10P/c1-13(2)37-21(33)15(4)29-41(35,40-16-8-6-5-7-9-16)36-12-17-19(39-20(32)14(3)27)24(25,26)22(38-17)30-11-10-18(31)28-23(30)34/h5-11,13-15,17,19,22H,12,27H2,1-4H3,(H,29,35)(H,28,31,34)/t14?,15?,17?,19-,22?,24+,41?/m1/s1. The second-order valence-electron chi connectivity index (χ2n) is 9.40. The maximum Gasteiger partial charge on any atom is 0.459 e. The third kappa shape index (κ3) is 8.51. The largest absolute Gasteiger partial charge is 0.462 e. The lowest BCUT2D eigenvalue weighted by atomic mass is 10.1. The lowest BCUT2D eigenvalue weighted by molar-refractivity contribution is -0.154. The Balaban J connectivity index is 1.92. The summed E-state index contributed by atoms with van der Waals surface area (Å²) in [5.74, 6) is -1.40. The molecule has 1 aliphatic heterocycles. The number of para-hydroxylation sites is 1. The van der Waals surface area contributed by atoms with E-state index in [9.17, 15) is 23.7 Å². The summed E-state index contributed by atoms with van der Waals surface area (Å²) in [7, 11) is -4.35. The van der Waals surface area contributed by atoms with Crippen LogP contribution in [0.5, 0.6) is 5.75 Å². The number of hydrogen-bond acceptors (Lipinski definition) is 11. The highest BCUT2D eigenvalue weighted by molar-refractivity contribution is 9.10. The molecular weight excluding hydrogens is 651 g/mol. The lowest BCUT2D eigenvalue weighted by Crippen LogP contribution is -2.45.